The number of carbonyl (C=O) groups is 1. The average Bonchev–Trinajstić information content (AvgIpc) is 2.56. The van der Waals surface area contributed by atoms with E-state index in [0.29, 0.717) is 17.9 Å². The number of rotatable bonds is 6. The van der Waals surface area contributed by atoms with Crippen LogP contribution in [0.25, 0.3) is 0 Å². The molecule has 0 aliphatic rings. The molecule has 0 heterocycles. The number of nitrogens with zero attached hydrogens (tertiary/aromatic N) is 1. The Bertz CT molecular complexity index is 743. The highest BCUT2D eigenvalue weighted by atomic mass is 127. The van der Waals surface area contributed by atoms with E-state index in [1.165, 1.54) is 5.56 Å². The van der Waals surface area contributed by atoms with Crippen molar-refractivity contribution >= 4 is 34.7 Å². The molecular weight excluding hydrogens is 419 g/mol. The van der Waals surface area contributed by atoms with E-state index in [1.807, 2.05) is 37.3 Å². The van der Waals surface area contributed by atoms with Crippen LogP contribution in [0.5, 0.6) is 11.5 Å². The van der Waals surface area contributed by atoms with E-state index in [0.717, 1.165) is 14.7 Å². The summed E-state index contributed by atoms with van der Waals surface area (Å²) in [5.41, 5.74) is 5.47. The molecule has 0 spiro atoms. The van der Waals surface area contributed by atoms with Gasteiger partial charge in [0.2, 0.25) is 5.91 Å². The molecule has 24 heavy (non-hydrogen) atoms. The van der Waals surface area contributed by atoms with Crippen molar-refractivity contribution in [1.82, 2.24) is 5.43 Å². The highest BCUT2D eigenvalue weighted by Crippen LogP contribution is 2.32. The average molecular weight is 438 g/mol. The van der Waals surface area contributed by atoms with Crippen LogP contribution < -0.4 is 14.9 Å². The van der Waals surface area contributed by atoms with Crippen molar-refractivity contribution in [1.29, 1.82) is 0 Å². The number of ether oxygens (including phenoxy) is 2. The van der Waals surface area contributed by atoms with Gasteiger partial charge in [-0.3, -0.25) is 4.79 Å². The summed E-state index contributed by atoms with van der Waals surface area (Å²) < 4.78 is 11.5. The lowest BCUT2D eigenvalue weighted by atomic mass is 10.1. The van der Waals surface area contributed by atoms with E-state index >= 15 is 0 Å². The van der Waals surface area contributed by atoms with E-state index in [1.54, 1.807) is 26.5 Å². The normalized spacial score (nSPS) is 10.7. The first-order valence-corrected chi connectivity index (χ1v) is 8.40. The second-order valence-electron chi connectivity index (χ2n) is 5.19. The first-order chi connectivity index (χ1) is 11.5. The minimum atomic E-state index is -0.162. The zero-order valence-corrected chi connectivity index (χ0v) is 16.0. The number of nitrogens with one attached hydrogen (secondary N) is 1. The molecule has 0 saturated carbocycles. The molecule has 0 bridgehead atoms. The van der Waals surface area contributed by atoms with Crippen LogP contribution in [0.15, 0.2) is 41.5 Å². The monoisotopic (exact) mass is 438 g/mol. The molecule has 0 saturated heterocycles. The van der Waals surface area contributed by atoms with Crippen LogP contribution in [0.2, 0.25) is 0 Å². The summed E-state index contributed by atoms with van der Waals surface area (Å²) >= 11 is 2.16. The quantitative estimate of drug-likeness (QED) is 0.428. The topological polar surface area (TPSA) is 59.9 Å². The maximum absolute atomic E-state index is 11.9. The molecule has 2 rings (SSSR count). The highest BCUT2D eigenvalue weighted by molar-refractivity contribution is 14.1. The Morgan fingerprint density at radius 2 is 1.92 bits per heavy atom. The number of methoxy groups -OCH3 is 2. The Morgan fingerprint density at radius 1 is 1.21 bits per heavy atom. The summed E-state index contributed by atoms with van der Waals surface area (Å²) in [4.78, 5) is 11.9. The van der Waals surface area contributed by atoms with E-state index in [9.17, 15) is 4.79 Å². The number of hydrogen-bond donors (Lipinski definition) is 1. The van der Waals surface area contributed by atoms with Gasteiger partial charge in [0, 0.05) is 0 Å². The van der Waals surface area contributed by atoms with Crippen LogP contribution in [0, 0.1) is 10.5 Å². The molecule has 2 aromatic rings. The lowest BCUT2D eigenvalue weighted by molar-refractivity contribution is -0.120. The minimum Gasteiger partial charge on any atom is -0.493 e. The van der Waals surface area contributed by atoms with Gasteiger partial charge in [-0.25, -0.2) is 5.43 Å². The molecule has 126 valence electrons. The highest BCUT2D eigenvalue weighted by Gasteiger charge is 2.09. The summed E-state index contributed by atoms with van der Waals surface area (Å²) in [7, 11) is 3.18. The third kappa shape index (κ3) is 4.95. The van der Waals surface area contributed by atoms with Crippen molar-refractivity contribution in [2.24, 2.45) is 5.10 Å². The van der Waals surface area contributed by atoms with Crippen LogP contribution in [0.1, 0.15) is 16.7 Å². The number of hydrazone groups is 1. The number of aryl methyl sites for hydroxylation is 1. The number of hydrogen-bond acceptors (Lipinski definition) is 4. The molecule has 0 aromatic heterocycles. The van der Waals surface area contributed by atoms with Crippen LogP contribution in [0.4, 0.5) is 0 Å². The Kier molecular flexibility index (Phi) is 6.60. The lowest BCUT2D eigenvalue weighted by Crippen LogP contribution is -2.19. The first-order valence-electron chi connectivity index (χ1n) is 7.32. The maximum atomic E-state index is 11.9. The Labute approximate surface area is 155 Å². The first kappa shape index (κ1) is 18.3. The van der Waals surface area contributed by atoms with Crippen molar-refractivity contribution in [3.8, 4) is 11.5 Å². The van der Waals surface area contributed by atoms with Crippen molar-refractivity contribution in [2.75, 3.05) is 14.2 Å². The summed E-state index contributed by atoms with van der Waals surface area (Å²) in [6.45, 7) is 2.01. The largest absolute Gasteiger partial charge is 0.493 e. The lowest BCUT2D eigenvalue weighted by Gasteiger charge is -2.10. The SMILES string of the molecule is COc1cc(/C=N/NC(=O)Cc2ccc(C)cc2)cc(I)c1OC. The van der Waals surface area contributed by atoms with Crippen molar-refractivity contribution in [2.45, 2.75) is 13.3 Å². The number of amides is 1. The predicted molar refractivity (Wildman–Crippen MR) is 103 cm³/mol. The van der Waals surface area contributed by atoms with Gasteiger partial charge < -0.3 is 9.47 Å². The summed E-state index contributed by atoms with van der Waals surface area (Å²) in [5.74, 6) is 1.14. The predicted octanol–water partition coefficient (Wildman–Crippen LogP) is 3.31. The third-order valence-corrected chi connectivity index (χ3v) is 4.15. The van der Waals surface area contributed by atoms with Gasteiger partial charge in [0.05, 0.1) is 30.4 Å². The van der Waals surface area contributed by atoms with E-state index in [2.05, 4.69) is 33.1 Å². The zero-order valence-electron chi connectivity index (χ0n) is 13.8. The fourth-order valence-electron chi connectivity index (χ4n) is 2.12. The van der Waals surface area contributed by atoms with Gasteiger partial charge in [-0.05, 0) is 52.8 Å². The molecule has 0 aliphatic heterocycles. The molecule has 0 radical (unpaired) electrons. The summed E-state index contributed by atoms with van der Waals surface area (Å²) in [6, 6.07) is 11.5. The molecule has 0 fully saturated rings. The van der Waals surface area contributed by atoms with E-state index < -0.39 is 0 Å². The van der Waals surface area contributed by atoms with Crippen LogP contribution in [-0.2, 0) is 11.2 Å². The molecule has 5 nitrogen and oxygen atoms in total. The van der Waals surface area contributed by atoms with Gasteiger partial charge in [-0.1, -0.05) is 29.8 Å². The summed E-state index contributed by atoms with van der Waals surface area (Å²) in [5, 5.41) is 4.00. The second kappa shape index (κ2) is 8.68. The number of carbonyl (C=O) groups excluding carboxylic acids is 1. The van der Waals surface area contributed by atoms with Gasteiger partial charge >= 0.3 is 0 Å². The molecule has 2 aromatic carbocycles. The van der Waals surface area contributed by atoms with Gasteiger partial charge in [-0.2, -0.15) is 5.10 Å². The van der Waals surface area contributed by atoms with Crippen LogP contribution in [0.3, 0.4) is 0 Å². The molecule has 1 amide bonds. The molecule has 6 heteroatoms. The van der Waals surface area contributed by atoms with Crippen molar-refractivity contribution in [3.63, 3.8) is 0 Å². The van der Waals surface area contributed by atoms with Crippen molar-refractivity contribution < 1.29 is 14.3 Å². The molecule has 1 N–H and O–H groups in total. The van der Waals surface area contributed by atoms with Crippen LogP contribution >= 0.6 is 22.6 Å². The standard InChI is InChI=1S/C18H19IN2O3/c1-12-4-6-13(7-5-12)10-17(22)21-20-11-14-8-15(19)18(24-3)16(9-14)23-2/h4-9,11H,10H2,1-3H3,(H,21,22)/b20-11+. The Balaban J connectivity index is 1.99. The minimum absolute atomic E-state index is 0.162. The molecular formula is C18H19IN2O3. The van der Waals surface area contributed by atoms with Gasteiger partial charge in [-0.15, -0.1) is 0 Å². The van der Waals surface area contributed by atoms with Crippen molar-refractivity contribution in [3.05, 3.63) is 56.7 Å². The number of halogens is 1. The van der Waals surface area contributed by atoms with Crippen LogP contribution in [-0.4, -0.2) is 26.3 Å². The smallest absolute Gasteiger partial charge is 0.244 e. The zero-order chi connectivity index (χ0) is 17.5. The second-order valence-corrected chi connectivity index (χ2v) is 6.36. The fraction of sp³-hybridized carbons (Fsp3) is 0.222. The van der Waals surface area contributed by atoms with Gasteiger partial charge in [0.15, 0.2) is 11.5 Å². The fourth-order valence-corrected chi connectivity index (χ4v) is 2.97. The Morgan fingerprint density at radius 3 is 2.54 bits per heavy atom. The van der Waals surface area contributed by atoms with Gasteiger partial charge in [0.1, 0.15) is 0 Å². The number of benzene rings is 2. The molecule has 0 atom stereocenters. The third-order valence-electron chi connectivity index (χ3n) is 3.34. The maximum Gasteiger partial charge on any atom is 0.244 e. The van der Waals surface area contributed by atoms with E-state index in [4.69, 9.17) is 9.47 Å². The Hall–Kier alpha value is -2.09. The van der Waals surface area contributed by atoms with Gasteiger partial charge in [0.25, 0.3) is 0 Å². The molecule has 0 aliphatic carbocycles. The summed E-state index contributed by atoms with van der Waals surface area (Å²) in [6.07, 6.45) is 1.87. The van der Waals surface area contributed by atoms with E-state index in [-0.39, 0.29) is 5.91 Å². The molecule has 0 unspecified atom stereocenters.